The first-order valence-electron chi connectivity index (χ1n) is 6.63. The predicted molar refractivity (Wildman–Crippen MR) is 73.3 cm³/mol. The Morgan fingerprint density at radius 2 is 1.89 bits per heavy atom. The minimum atomic E-state index is -0.0441. The molecule has 0 heterocycles. The van der Waals surface area contributed by atoms with Gasteiger partial charge < -0.3 is 16.4 Å². The van der Waals surface area contributed by atoms with E-state index in [-0.39, 0.29) is 6.03 Å². The van der Waals surface area contributed by atoms with Crippen molar-refractivity contribution < 1.29 is 4.79 Å². The number of rotatable bonds is 4. The molecule has 0 spiro atoms. The van der Waals surface area contributed by atoms with E-state index in [1.165, 1.54) is 18.4 Å². The van der Waals surface area contributed by atoms with Gasteiger partial charge in [-0.05, 0) is 37.0 Å². The quantitative estimate of drug-likeness (QED) is 0.713. The van der Waals surface area contributed by atoms with Crippen LogP contribution in [0.25, 0.3) is 0 Å². The molecule has 0 aromatic heterocycles. The molecule has 0 atom stereocenters. The third-order valence-corrected chi connectivity index (χ3v) is 3.37. The number of benzene rings is 1. The topological polar surface area (TPSA) is 67.1 Å². The number of urea groups is 1. The zero-order valence-electron chi connectivity index (χ0n) is 10.6. The highest BCUT2D eigenvalue weighted by molar-refractivity contribution is 5.74. The minimum absolute atomic E-state index is 0.0441. The summed E-state index contributed by atoms with van der Waals surface area (Å²) in [4.78, 5) is 11.6. The van der Waals surface area contributed by atoms with E-state index < -0.39 is 0 Å². The Morgan fingerprint density at radius 3 is 2.56 bits per heavy atom. The summed E-state index contributed by atoms with van der Waals surface area (Å²) in [5.41, 5.74) is 7.57. The molecule has 1 aliphatic rings. The average molecular weight is 247 g/mol. The monoisotopic (exact) mass is 247 g/mol. The molecular weight excluding hydrogens is 226 g/mol. The number of amides is 2. The molecule has 1 aromatic rings. The summed E-state index contributed by atoms with van der Waals surface area (Å²) >= 11 is 0. The van der Waals surface area contributed by atoms with E-state index >= 15 is 0 Å². The van der Waals surface area contributed by atoms with Crippen molar-refractivity contribution >= 4 is 11.7 Å². The molecular formula is C14H21N3O. The summed E-state index contributed by atoms with van der Waals surface area (Å²) in [6.45, 7) is 0.655. The van der Waals surface area contributed by atoms with Gasteiger partial charge in [0.2, 0.25) is 0 Å². The Balaban J connectivity index is 1.65. The fraction of sp³-hybridized carbons (Fsp3) is 0.500. The highest BCUT2D eigenvalue weighted by atomic mass is 16.2. The van der Waals surface area contributed by atoms with Crippen molar-refractivity contribution in [3.63, 3.8) is 0 Å². The molecule has 2 amide bonds. The molecule has 4 nitrogen and oxygen atoms in total. The van der Waals surface area contributed by atoms with E-state index in [4.69, 9.17) is 5.73 Å². The summed E-state index contributed by atoms with van der Waals surface area (Å²) in [5, 5.41) is 5.90. The second-order valence-corrected chi connectivity index (χ2v) is 4.87. The van der Waals surface area contributed by atoms with E-state index in [9.17, 15) is 4.79 Å². The van der Waals surface area contributed by atoms with Crippen LogP contribution in [0.3, 0.4) is 0 Å². The zero-order valence-corrected chi connectivity index (χ0v) is 10.6. The minimum Gasteiger partial charge on any atom is -0.399 e. The number of nitrogen functional groups attached to an aromatic ring is 1. The van der Waals surface area contributed by atoms with Gasteiger partial charge in [-0.15, -0.1) is 0 Å². The molecule has 0 saturated heterocycles. The molecule has 1 saturated carbocycles. The van der Waals surface area contributed by atoms with Crippen molar-refractivity contribution in [2.45, 2.75) is 38.1 Å². The Labute approximate surface area is 108 Å². The highest BCUT2D eigenvalue weighted by Crippen LogP contribution is 2.17. The maximum Gasteiger partial charge on any atom is 0.315 e. The summed E-state index contributed by atoms with van der Waals surface area (Å²) in [5.74, 6) is 0. The smallest absolute Gasteiger partial charge is 0.315 e. The molecule has 18 heavy (non-hydrogen) atoms. The third-order valence-electron chi connectivity index (χ3n) is 3.37. The molecule has 2 rings (SSSR count). The van der Waals surface area contributed by atoms with Crippen LogP contribution in [-0.4, -0.2) is 18.6 Å². The Kier molecular flexibility index (Phi) is 4.45. The number of hydrogen-bond acceptors (Lipinski definition) is 2. The second kappa shape index (κ2) is 6.28. The van der Waals surface area contributed by atoms with Gasteiger partial charge in [0.1, 0.15) is 0 Å². The zero-order chi connectivity index (χ0) is 12.8. The van der Waals surface area contributed by atoms with Crippen molar-refractivity contribution in [3.05, 3.63) is 29.8 Å². The van der Waals surface area contributed by atoms with Gasteiger partial charge >= 0.3 is 6.03 Å². The number of carbonyl (C=O) groups is 1. The molecule has 4 heteroatoms. The Morgan fingerprint density at radius 1 is 1.22 bits per heavy atom. The van der Waals surface area contributed by atoms with Crippen LogP contribution in [0.4, 0.5) is 10.5 Å². The molecule has 1 aromatic carbocycles. The molecule has 98 valence electrons. The van der Waals surface area contributed by atoms with E-state index in [1.807, 2.05) is 24.3 Å². The maximum atomic E-state index is 11.6. The van der Waals surface area contributed by atoms with Gasteiger partial charge in [0.15, 0.2) is 0 Å². The van der Waals surface area contributed by atoms with Gasteiger partial charge in [0, 0.05) is 18.3 Å². The SMILES string of the molecule is Nc1ccc(CCNC(=O)NC2CCCC2)cc1. The highest BCUT2D eigenvalue weighted by Gasteiger charge is 2.16. The van der Waals surface area contributed by atoms with Gasteiger partial charge in [0.05, 0.1) is 0 Å². The summed E-state index contributed by atoms with van der Waals surface area (Å²) in [7, 11) is 0. The second-order valence-electron chi connectivity index (χ2n) is 4.87. The Bertz CT molecular complexity index is 383. The lowest BCUT2D eigenvalue weighted by Gasteiger charge is -2.12. The van der Waals surface area contributed by atoms with Gasteiger partial charge in [-0.25, -0.2) is 4.79 Å². The van der Waals surface area contributed by atoms with Crippen LogP contribution >= 0.6 is 0 Å². The third kappa shape index (κ3) is 3.95. The van der Waals surface area contributed by atoms with Crippen LogP contribution in [0.1, 0.15) is 31.2 Å². The van der Waals surface area contributed by atoms with Crippen molar-refractivity contribution in [1.29, 1.82) is 0 Å². The lowest BCUT2D eigenvalue weighted by Crippen LogP contribution is -2.41. The van der Waals surface area contributed by atoms with E-state index in [2.05, 4.69) is 10.6 Å². The van der Waals surface area contributed by atoms with E-state index in [0.29, 0.717) is 12.6 Å². The molecule has 0 bridgehead atoms. The fourth-order valence-corrected chi connectivity index (χ4v) is 2.31. The number of nitrogens with two attached hydrogens (primary N) is 1. The van der Waals surface area contributed by atoms with Crippen LogP contribution in [0, 0.1) is 0 Å². The van der Waals surface area contributed by atoms with Crippen molar-refractivity contribution in [2.75, 3.05) is 12.3 Å². The standard InChI is InChI=1S/C14H21N3O/c15-12-7-5-11(6-8-12)9-10-16-14(18)17-13-3-1-2-4-13/h5-8,13H,1-4,9-10,15H2,(H2,16,17,18). The van der Waals surface area contributed by atoms with Crippen LogP contribution < -0.4 is 16.4 Å². The molecule has 1 aliphatic carbocycles. The van der Waals surface area contributed by atoms with Crippen molar-refractivity contribution in [3.8, 4) is 0 Å². The van der Waals surface area contributed by atoms with Gasteiger partial charge in [-0.3, -0.25) is 0 Å². The number of hydrogen-bond donors (Lipinski definition) is 3. The fourth-order valence-electron chi connectivity index (χ4n) is 2.31. The van der Waals surface area contributed by atoms with Crippen LogP contribution in [0.15, 0.2) is 24.3 Å². The molecule has 1 fully saturated rings. The Hall–Kier alpha value is -1.71. The molecule has 0 aliphatic heterocycles. The predicted octanol–water partition coefficient (Wildman–Crippen LogP) is 2.05. The number of nitrogens with one attached hydrogen (secondary N) is 2. The van der Waals surface area contributed by atoms with Crippen molar-refractivity contribution in [1.82, 2.24) is 10.6 Å². The lowest BCUT2D eigenvalue weighted by atomic mass is 10.1. The van der Waals surface area contributed by atoms with Crippen LogP contribution in [0.2, 0.25) is 0 Å². The van der Waals surface area contributed by atoms with Gasteiger partial charge in [0.25, 0.3) is 0 Å². The largest absolute Gasteiger partial charge is 0.399 e. The van der Waals surface area contributed by atoms with E-state index in [0.717, 1.165) is 24.9 Å². The number of carbonyl (C=O) groups excluding carboxylic acids is 1. The van der Waals surface area contributed by atoms with Crippen LogP contribution in [-0.2, 0) is 6.42 Å². The molecule has 0 radical (unpaired) electrons. The number of anilines is 1. The first-order chi connectivity index (χ1) is 8.74. The first-order valence-corrected chi connectivity index (χ1v) is 6.63. The summed E-state index contributed by atoms with van der Waals surface area (Å²) in [6, 6.07) is 8.08. The maximum absolute atomic E-state index is 11.6. The van der Waals surface area contributed by atoms with Gasteiger partial charge in [-0.1, -0.05) is 25.0 Å². The lowest BCUT2D eigenvalue weighted by molar-refractivity contribution is 0.237. The average Bonchev–Trinajstić information content (AvgIpc) is 2.84. The van der Waals surface area contributed by atoms with Crippen LogP contribution in [0.5, 0.6) is 0 Å². The van der Waals surface area contributed by atoms with E-state index in [1.54, 1.807) is 0 Å². The molecule has 4 N–H and O–H groups in total. The first kappa shape index (κ1) is 12.7. The van der Waals surface area contributed by atoms with Gasteiger partial charge in [-0.2, -0.15) is 0 Å². The van der Waals surface area contributed by atoms with Crippen molar-refractivity contribution in [2.24, 2.45) is 0 Å². The molecule has 0 unspecified atom stereocenters. The summed E-state index contributed by atoms with van der Waals surface area (Å²) < 4.78 is 0. The summed E-state index contributed by atoms with van der Waals surface area (Å²) in [6.07, 6.45) is 5.53. The normalized spacial score (nSPS) is 15.6.